The highest BCUT2D eigenvalue weighted by atomic mass is 16.3. The van der Waals surface area contributed by atoms with Crippen molar-refractivity contribution in [1.29, 1.82) is 0 Å². The number of benzene rings is 5. The molecule has 0 aliphatic heterocycles. The number of aromatic nitrogens is 1. The summed E-state index contributed by atoms with van der Waals surface area (Å²) in [4.78, 5) is 0. The third-order valence-corrected chi connectivity index (χ3v) is 8.99. The lowest BCUT2D eigenvalue weighted by Gasteiger charge is -2.21. The van der Waals surface area contributed by atoms with Crippen LogP contribution in [0.25, 0.3) is 71.4 Å². The lowest BCUT2D eigenvalue weighted by atomic mass is 9.83. The normalized spacial score (nSPS) is 15.1. The quantitative estimate of drug-likeness (QED) is 0.234. The molecular weight excluding hydrogens is 478 g/mol. The molecule has 1 saturated carbocycles. The SMILES string of the molecule is c1cc(C2CCCCC2)c2oc3cc4c(cc3c2c1)oc1c(-n2c3ccccc3c3ccccc32)cccc14. The van der Waals surface area contributed by atoms with Gasteiger partial charge in [0.05, 0.1) is 16.7 Å². The maximum atomic E-state index is 6.72. The second-order valence-electron chi connectivity index (χ2n) is 11.1. The van der Waals surface area contributed by atoms with E-state index in [-0.39, 0.29) is 0 Å². The Morgan fingerprint density at radius 2 is 1.08 bits per heavy atom. The second-order valence-corrected chi connectivity index (χ2v) is 11.1. The van der Waals surface area contributed by atoms with Crippen molar-refractivity contribution in [3.63, 3.8) is 0 Å². The van der Waals surface area contributed by atoms with Gasteiger partial charge in [0.15, 0.2) is 5.58 Å². The molecule has 1 aliphatic carbocycles. The summed E-state index contributed by atoms with van der Waals surface area (Å²) in [6.45, 7) is 0. The van der Waals surface area contributed by atoms with Crippen LogP contribution in [0.5, 0.6) is 0 Å². The Morgan fingerprint density at radius 1 is 0.513 bits per heavy atom. The molecule has 0 spiro atoms. The van der Waals surface area contributed by atoms with Gasteiger partial charge in [0, 0.05) is 32.3 Å². The zero-order valence-corrected chi connectivity index (χ0v) is 21.6. The van der Waals surface area contributed by atoms with E-state index in [4.69, 9.17) is 8.83 Å². The summed E-state index contributed by atoms with van der Waals surface area (Å²) in [7, 11) is 0. The minimum atomic E-state index is 0.598. The lowest BCUT2D eigenvalue weighted by Crippen LogP contribution is -2.04. The minimum Gasteiger partial charge on any atom is -0.456 e. The van der Waals surface area contributed by atoms with Gasteiger partial charge in [-0.3, -0.25) is 0 Å². The van der Waals surface area contributed by atoms with E-state index in [0.29, 0.717) is 5.92 Å². The fourth-order valence-electron chi connectivity index (χ4n) is 7.19. The number of furan rings is 2. The summed E-state index contributed by atoms with van der Waals surface area (Å²) in [5.41, 5.74) is 8.59. The van der Waals surface area contributed by atoms with Crippen molar-refractivity contribution < 1.29 is 8.83 Å². The van der Waals surface area contributed by atoms with Crippen molar-refractivity contribution in [2.24, 2.45) is 0 Å². The van der Waals surface area contributed by atoms with Crippen LogP contribution in [0.4, 0.5) is 0 Å². The zero-order valence-electron chi connectivity index (χ0n) is 21.6. The van der Waals surface area contributed by atoms with E-state index in [9.17, 15) is 0 Å². The van der Waals surface area contributed by atoms with Crippen LogP contribution in [0.2, 0.25) is 0 Å². The maximum Gasteiger partial charge on any atom is 0.159 e. The summed E-state index contributed by atoms with van der Waals surface area (Å²) in [6.07, 6.45) is 6.50. The van der Waals surface area contributed by atoms with Crippen LogP contribution in [-0.2, 0) is 0 Å². The standard InChI is InChI=1S/C36H27NO2/c1-2-10-22(11-3-1)23-14-8-15-26-28-20-34-29(21-33(28)38-35(23)26)27-16-9-19-32(36(27)39-34)37-30-17-6-4-12-24(30)25-13-5-7-18-31(25)37/h4-9,12-22H,1-3,10-11H2. The molecule has 0 atom stereocenters. The molecule has 0 saturated heterocycles. The van der Waals surface area contributed by atoms with E-state index in [0.717, 1.165) is 44.2 Å². The number of hydrogen-bond donors (Lipinski definition) is 0. The number of hydrogen-bond acceptors (Lipinski definition) is 2. The molecule has 1 fully saturated rings. The van der Waals surface area contributed by atoms with Gasteiger partial charge in [-0.15, -0.1) is 0 Å². The first-order chi connectivity index (χ1) is 19.3. The highest BCUT2D eigenvalue weighted by Gasteiger charge is 2.22. The summed E-state index contributed by atoms with van der Waals surface area (Å²) < 4.78 is 15.7. The Hall–Kier alpha value is -4.50. The van der Waals surface area contributed by atoms with E-state index in [1.807, 2.05) is 0 Å². The van der Waals surface area contributed by atoms with Gasteiger partial charge in [-0.1, -0.05) is 86.0 Å². The van der Waals surface area contributed by atoms with Crippen LogP contribution in [0.1, 0.15) is 43.6 Å². The van der Waals surface area contributed by atoms with Gasteiger partial charge >= 0.3 is 0 Å². The average molecular weight is 506 g/mol. The summed E-state index contributed by atoms with van der Waals surface area (Å²) in [5, 5.41) is 7.03. The Bertz CT molecular complexity index is 2160. The van der Waals surface area contributed by atoms with Gasteiger partial charge in [0.1, 0.15) is 16.7 Å². The number of para-hydroxylation sites is 4. The molecule has 0 N–H and O–H groups in total. The summed E-state index contributed by atoms with van der Waals surface area (Å²) in [5.74, 6) is 0.598. The highest BCUT2D eigenvalue weighted by Crippen LogP contribution is 2.43. The zero-order chi connectivity index (χ0) is 25.5. The molecule has 3 nitrogen and oxygen atoms in total. The Morgan fingerprint density at radius 3 is 1.77 bits per heavy atom. The van der Waals surface area contributed by atoms with Crippen LogP contribution in [0.15, 0.2) is 106 Å². The van der Waals surface area contributed by atoms with Gasteiger partial charge in [0.2, 0.25) is 0 Å². The highest BCUT2D eigenvalue weighted by molar-refractivity contribution is 6.17. The molecule has 8 aromatic rings. The van der Waals surface area contributed by atoms with Crippen molar-refractivity contribution in [3.8, 4) is 5.69 Å². The molecule has 39 heavy (non-hydrogen) atoms. The van der Waals surface area contributed by atoms with E-state index in [2.05, 4.69) is 102 Å². The van der Waals surface area contributed by atoms with Gasteiger partial charge in [-0.05, 0) is 54.7 Å². The van der Waals surface area contributed by atoms with E-state index in [1.54, 1.807) is 0 Å². The van der Waals surface area contributed by atoms with Crippen LogP contribution >= 0.6 is 0 Å². The molecular formula is C36H27NO2. The van der Waals surface area contributed by atoms with E-state index in [1.165, 1.54) is 64.9 Å². The molecule has 0 unspecified atom stereocenters. The molecule has 9 rings (SSSR count). The summed E-state index contributed by atoms with van der Waals surface area (Å²) >= 11 is 0. The van der Waals surface area contributed by atoms with Crippen molar-refractivity contribution in [2.45, 2.75) is 38.0 Å². The van der Waals surface area contributed by atoms with Gasteiger partial charge in [-0.25, -0.2) is 0 Å². The van der Waals surface area contributed by atoms with Crippen molar-refractivity contribution in [3.05, 3.63) is 103 Å². The van der Waals surface area contributed by atoms with Crippen molar-refractivity contribution in [1.82, 2.24) is 4.57 Å². The van der Waals surface area contributed by atoms with Gasteiger partial charge in [0.25, 0.3) is 0 Å². The average Bonchev–Trinajstić information content (AvgIpc) is 3.65. The molecule has 5 aromatic carbocycles. The molecule has 0 amide bonds. The number of fused-ring (bicyclic) bond motifs is 9. The first kappa shape index (κ1) is 21.4. The molecule has 0 radical (unpaired) electrons. The van der Waals surface area contributed by atoms with Crippen molar-refractivity contribution in [2.75, 3.05) is 0 Å². The maximum absolute atomic E-state index is 6.72. The van der Waals surface area contributed by atoms with E-state index < -0.39 is 0 Å². The third-order valence-electron chi connectivity index (χ3n) is 8.99. The largest absolute Gasteiger partial charge is 0.456 e. The molecule has 3 aromatic heterocycles. The fourth-order valence-corrected chi connectivity index (χ4v) is 7.19. The Balaban J connectivity index is 1.31. The Kier molecular flexibility index (Phi) is 4.40. The third kappa shape index (κ3) is 2.99. The van der Waals surface area contributed by atoms with Crippen LogP contribution in [0, 0.1) is 0 Å². The van der Waals surface area contributed by atoms with E-state index >= 15 is 0 Å². The predicted molar refractivity (Wildman–Crippen MR) is 161 cm³/mol. The Labute approximate surface area is 225 Å². The smallest absolute Gasteiger partial charge is 0.159 e. The number of rotatable bonds is 2. The topological polar surface area (TPSA) is 31.2 Å². The van der Waals surface area contributed by atoms with Crippen LogP contribution < -0.4 is 0 Å². The van der Waals surface area contributed by atoms with Crippen LogP contribution in [0.3, 0.4) is 0 Å². The molecule has 3 heteroatoms. The first-order valence-corrected chi connectivity index (χ1v) is 14.1. The van der Waals surface area contributed by atoms with Gasteiger partial charge in [-0.2, -0.15) is 0 Å². The molecule has 3 heterocycles. The number of nitrogens with zero attached hydrogens (tertiary/aromatic N) is 1. The molecule has 1 aliphatic rings. The second kappa shape index (κ2) is 8.00. The fraction of sp³-hybridized carbons (Fsp3) is 0.167. The molecule has 188 valence electrons. The minimum absolute atomic E-state index is 0.598. The predicted octanol–water partition coefficient (Wildman–Crippen LogP) is 10.6. The monoisotopic (exact) mass is 505 g/mol. The molecule has 0 bridgehead atoms. The van der Waals surface area contributed by atoms with Crippen molar-refractivity contribution >= 4 is 65.7 Å². The first-order valence-electron chi connectivity index (χ1n) is 14.1. The van der Waals surface area contributed by atoms with Crippen LogP contribution in [-0.4, -0.2) is 4.57 Å². The lowest BCUT2D eigenvalue weighted by molar-refractivity contribution is 0.442. The summed E-state index contributed by atoms with van der Waals surface area (Å²) in [6, 6.07) is 34.8. The van der Waals surface area contributed by atoms with Gasteiger partial charge < -0.3 is 13.4 Å².